The maximum Gasteiger partial charge on any atom is 0.340 e. The number of rotatable bonds is 3. The van der Waals surface area contributed by atoms with Crippen molar-refractivity contribution in [2.24, 2.45) is 0 Å². The number of benzene rings is 1. The molecule has 1 rings (SSSR count). The molecular weight excluding hydrogens is 217 g/mol. The van der Waals surface area contributed by atoms with Crippen LogP contribution in [0.1, 0.15) is 28.9 Å². The summed E-state index contributed by atoms with van der Waals surface area (Å²) in [7, 11) is 1.12. The third-order valence-electron chi connectivity index (χ3n) is 2.19. The number of carbonyl (C=O) groups excluding carboxylic acids is 1. The van der Waals surface area contributed by atoms with Crippen LogP contribution in [0, 0.1) is 15.9 Å². The Labute approximate surface area is 91.0 Å². The number of halogens is 1. The molecule has 0 aromatic heterocycles. The summed E-state index contributed by atoms with van der Waals surface area (Å²) in [5, 5.41) is 10.5. The standard InChI is InChI=1S/C10H10FNO4/c1-6(12(14)15)7-3-4-9(11)8(5-7)10(13)16-2/h3-6H,1-2H3. The predicted molar refractivity (Wildman–Crippen MR) is 53.1 cm³/mol. The van der Waals surface area contributed by atoms with Crippen molar-refractivity contribution < 1.29 is 18.8 Å². The van der Waals surface area contributed by atoms with Gasteiger partial charge in [0.1, 0.15) is 5.82 Å². The second-order valence-corrected chi connectivity index (χ2v) is 3.19. The Morgan fingerprint density at radius 2 is 2.19 bits per heavy atom. The van der Waals surface area contributed by atoms with Gasteiger partial charge in [0, 0.05) is 17.4 Å². The van der Waals surface area contributed by atoms with Gasteiger partial charge in [-0.15, -0.1) is 0 Å². The molecule has 0 amide bonds. The lowest BCUT2D eigenvalue weighted by molar-refractivity contribution is -0.524. The molecule has 1 atom stereocenters. The van der Waals surface area contributed by atoms with E-state index in [9.17, 15) is 19.3 Å². The normalized spacial score (nSPS) is 11.9. The monoisotopic (exact) mass is 227 g/mol. The highest BCUT2D eigenvalue weighted by atomic mass is 19.1. The number of carbonyl (C=O) groups is 1. The van der Waals surface area contributed by atoms with Gasteiger partial charge in [-0.1, -0.05) is 0 Å². The van der Waals surface area contributed by atoms with Crippen molar-refractivity contribution in [3.05, 3.63) is 45.3 Å². The van der Waals surface area contributed by atoms with Gasteiger partial charge in [-0.3, -0.25) is 10.1 Å². The molecule has 1 aromatic rings. The van der Waals surface area contributed by atoms with Crippen LogP contribution in [-0.2, 0) is 4.74 Å². The third kappa shape index (κ3) is 2.33. The summed E-state index contributed by atoms with van der Waals surface area (Å²) in [6, 6.07) is 2.43. The van der Waals surface area contributed by atoms with Crippen molar-refractivity contribution in [3.8, 4) is 0 Å². The number of methoxy groups -OCH3 is 1. The lowest BCUT2D eigenvalue weighted by Gasteiger charge is -2.06. The molecule has 1 aromatic carbocycles. The third-order valence-corrected chi connectivity index (χ3v) is 2.19. The van der Waals surface area contributed by atoms with E-state index in [-0.39, 0.29) is 11.1 Å². The van der Waals surface area contributed by atoms with Crippen molar-refractivity contribution >= 4 is 5.97 Å². The molecule has 0 bridgehead atoms. The lowest BCUT2D eigenvalue weighted by Crippen LogP contribution is -2.10. The first kappa shape index (κ1) is 12.1. The van der Waals surface area contributed by atoms with Gasteiger partial charge in [0.25, 0.3) is 0 Å². The van der Waals surface area contributed by atoms with Crippen LogP contribution in [0.15, 0.2) is 18.2 Å². The molecular formula is C10H10FNO4. The molecule has 0 aliphatic heterocycles. The highest BCUT2D eigenvalue weighted by Crippen LogP contribution is 2.19. The molecule has 0 fully saturated rings. The Morgan fingerprint density at radius 3 is 2.69 bits per heavy atom. The summed E-state index contributed by atoms with van der Waals surface area (Å²) in [5.41, 5.74) is -0.0412. The molecule has 0 radical (unpaired) electrons. The van der Waals surface area contributed by atoms with Crippen LogP contribution < -0.4 is 0 Å². The average molecular weight is 227 g/mol. The molecule has 0 aliphatic carbocycles. The number of ether oxygens (including phenoxy) is 1. The maximum absolute atomic E-state index is 13.2. The first-order valence-corrected chi connectivity index (χ1v) is 4.48. The summed E-state index contributed by atoms with van der Waals surface area (Å²) in [6.07, 6.45) is 0. The zero-order chi connectivity index (χ0) is 12.3. The predicted octanol–water partition coefficient (Wildman–Crippen LogP) is 1.95. The summed E-state index contributed by atoms with van der Waals surface area (Å²) in [6.45, 7) is 1.36. The zero-order valence-electron chi connectivity index (χ0n) is 8.77. The fourth-order valence-electron chi connectivity index (χ4n) is 1.19. The van der Waals surface area contributed by atoms with Gasteiger partial charge in [-0.05, 0) is 18.2 Å². The lowest BCUT2D eigenvalue weighted by atomic mass is 10.1. The van der Waals surface area contributed by atoms with Gasteiger partial charge >= 0.3 is 5.97 Å². The minimum Gasteiger partial charge on any atom is -0.465 e. The van der Waals surface area contributed by atoms with E-state index in [0.29, 0.717) is 0 Å². The van der Waals surface area contributed by atoms with Gasteiger partial charge in [0.05, 0.1) is 12.7 Å². The Morgan fingerprint density at radius 1 is 1.56 bits per heavy atom. The molecule has 86 valence electrons. The number of nitrogens with zero attached hydrogens (tertiary/aromatic N) is 1. The van der Waals surface area contributed by atoms with Crippen molar-refractivity contribution in [2.45, 2.75) is 13.0 Å². The van der Waals surface area contributed by atoms with Gasteiger partial charge in [-0.2, -0.15) is 0 Å². The van der Waals surface area contributed by atoms with Gasteiger partial charge in [0.2, 0.25) is 6.04 Å². The van der Waals surface area contributed by atoms with Crippen molar-refractivity contribution in [1.82, 2.24) is 0 Å². The van der Waals surface area contributed by atoms with E-state index in [1.54, 1.807) is 0 Å². The number of esters is 1. The smallest absolute Gasteiger partial charge is 0.340 e. The molecule has 16 heavy (non-hydrogen) atoms. The fraction of sp³-hybridized carbons (Fsp3) is 0.300. The highest BCUT2D eigenvalue weighted by molar-refractivity contribution is 5.89. The van der Waals surface area contributed by atoms with E-state index < -0.39 is 22.8 Å². The van der Waals surface area contributed by atoms with Crippen LogP contribution in [0.4, 0.5) is 4.39 Å². The molecule has 0 heterocycles. The Balaban J connectivity index is 3.17. The van der Waals surface area contributed by atoms with Crippen LogP contribution in [0.25, 0.3) is 0 Å². The first-order valence-electron chi connectivity index (χ1n) is 4.48. The molecule has 0 saturated carbocycles. The fourth-order valence-corrected chi connectivity index (χ4v) is 1.19. The van der Waals surface area contributed by atoms with Crippen molar-refractivity contribution in [3.63, 3.8) is 0 Å². The van der Waals surface area contributed by atoms with Crippen LogP contribution in [0.2, 0.25) is 0 Å². The van der Waals surface area contributed by atoms with Crippen molar-refractivity contribution in [2.75, 3.05) is 7.11 Å². The minimum atomic E-state index is -0.996. The van der Waals surface area contributed by atoms with Gasteiger partial charge in [0.15, 0.2) is 0 Å². The number of hydrogen-bond acceptors (Lipinski definition) is 4. The molecule has 0 spiro atoms. The molecule has 5 nitrogen and oxygen atoms in total. The molecule has 0 aliphatic rings. The molecule has 0 saturated heterocycles. The first-order chi connectivity index (χ1) is 7.47. The van der Waals surface area contributed by atoms with Crippen LogP contribution in [0.3, 0.4) is 0 Å². The van der Waals surface area contributed by atoms with E-state index in [1.165, 1.54) is 13.0 Å². The van der Waals surface area contributed by atoms with Crippen LogP contribution in [0.5, 0.6) is 0 Å². The number of hydrogen-bond donors (Lipinski definition) is 0. The van der Waals surface area contributed by atoms with Gasteiger partial charge in [-0.25, -0.2) is 9.18 Å². The van der Waals surface area contributed by atoms with E-state index in [4.69, 9.17) is 0 Å². The summed E-state index contributed by atoms with van der Waals surface area (Å²) in [4.78, 5) is 21.2. The van der Waals surface area contributed by atoms with E-state index >= 15 is 0 Å². The zero-order valence-corrected chi connectivity index (χ0v) is 8.77. The maximum atomic E-state index is 13.2. The Kier molecular flexibility index (Phi) is 3.55. The summed E-state index contributed by atoms with van der Waals surface area (Å²) in [5.74, 6) is -1.61. The minimum absolute atomic E-state index is 0.256. The largest absolute Gasteiger partial charge is 0.465 e. The summed E-state index contributed by atoms with van der Waals surface area (Å²) < 4.78 is 17.6. The number of nitro groups is 1. The van der Waals surface area contributed by atoms with E-state index in [0.717, 1.165) is 19.2 Å². The van der Waals surface area contributed by atoms with E-state index in [2.05, 4.69) is 4.74 Å². The average Bonchev–Trinajstić information content (AvgIpc) is 2.27. The highest BCUT2D eigenvalue weighted by Gasteiger charge is 2.20. The van der Waals surface area contributed by atoms with Crippen LogP contribution >= 0.6 is 0 Å². The van der Waals surface area contributed by atoms with E-state index in [1.807, 2.05) is 0 Å². The second-order valence-electron chi connectivity index (χ2n) is 3.19. The van der Waals surface area contributed by atoms with Crippen molar-refractivity contribution in [1.29, 1.82) is 0 Å². The molecule has 0 N–H and O–H groups in total. The second kappa shape index (κ2) is 4.69. The molecule has 1 unspecified atom stereocenters. The van der Waals surface area contributed by atoms with Gasteiger partial charge < -0.3 is 4.74 Å². The van der Waals surface area contributed by atoms with Crippen LogP contribution in [-0.4, -0.2) is 18.0 Å². The summed E-state index contributed by atoms with van der Waals surface area (Å²) >= 11 is 0. The SMILES string of the molecule is COC(=O)c1cc(C(C)[N+](=O)[O-])ccc1F. The Bertz CT molecular complexity index is 433. The molecule has 6 heteroatoms. The quantitative estimate of drug-likeness (QED) is 0.449. The topological polar surface area (TPSA) is 69.4 Å². The Hall–Kier alpha value is -1.98.